The van der Waals surface area contributed by atoms with Crippen LogP contribution in [0.3, 0.4) is 0 Å². The van der Waals surface area contributed by atoms with Crippen molar-refractivity contribution in [3.05, 3.63) is 65.3 Å². The van der Waals surface area contributed by atoms with Crippen molar-refractivity contribution in [3.8, 4) is 0 Å². The van der Waals surface area contributed by atoms with Crippen LogP contribution in [0.15, 0.2) is 64.6 Å². The van der Waals surface area contributed by atoms with Gasteiger partial charge < -0.3 is 4.74 Å². The third kappa shape index (κ3) is 5.86. The van der Waals surface area contributed by atoms with Crippen molar-refractivity contribution in [1.29, 1.82) is 0 Å². The molecule has 22 heavy (non-hydrogen) atoms. The van der Waals surface area contributed by atoms with Gasteiger partial charge in [-0.15, -0.1) is 12.6 Å². The van der Waals surface area contributed by atoms with Gasteiger partial charge in [0.1, 0.15) is 0 Å². The molecule has 0 spiro atoms. The number of hydrogen-bond donors (Lipinski definition) is 1. The lowest BCUT2D eigenvalue weighted by atomic mass is 9.94. The number of hydrogen-bond acceptors (Lipinski definition) is 2. The van der Waals surface area contributed by atoms with Gasteiger partial charge >= 0.3 is 0 Å². The summed E-state index contributed by atoms with van der Waals surface area (Å²) in [6.45, 7) is 13.8. The van der Waals surface area contributed by atoms with Crippen molar-refractivity contribution in [3.63, 3.8) is 0 Å². The molecule has 0 fully saturated rings. The van der Waals surface area contributed by atoms with E-state index in [1.807, 2.05) is 19.9 Å². The molecular formula is C20H28OS. The fourth-order valence-electron chi connectivity index (χ4n) is 2.38. The van der Waals surface area contributed by atoms with Gasteiger partial charge in [0, 0.05) is 17.4 Å². The van der Waals surface area contributed by atoms with Gasteiger partial charge in [-0.25, -0.2) is 0 Å². The third-order valence-corrected chi connectivity index (χ3v) is 4.04. The lowest BCUT2D eigenvalue weighted by Gasteiger charge is -2.13. The predicted octanol–water partition coefficient (Wildman–Crippen LogP) is 5.95. The van der Waals surface area contributed by atoms with E-state index in [1.165, 1.54) is 16.7 Å². The zero-order valence-electron chi connectivity index (χ0n) is 14.2. The van der Waals surface area contributed by atoms with Crippen molar-refractivity contribution in [2.45, 2.75) is 44.9 Å². The van der Waals surface area contributed by atoms with Gasteiger partial charge in [-0.2, -0.15) is 0 Å². The zero-order chi connectivity index (χ0) is 16.5. The van der Waals surface area contributed by atoms with Crippen molar-refractivity contribution >= 4 is 12.6 Å². The van der Waals surface area contributed by atoms with Crippen LogP contribution in [0, 0.1) is 0 Å². The van der Waals surface area contributed by atoms with Crippen LogP contribution in [0.4, 0.5) is 0 Å². The molecule has 0 bridgehead atoms. The molecule has 2 heteroatoms. The summed E-state index contributed by atoms with van der Waals surface area (Å²) in [4.78, 5) is 1.01. The Bertz CT molecular complexity index is 555. The maximum Gasteiger partial charge on any atom is 0.0721 e. The molecule has 0 aromatic heterocycles. The average molecular weight is 317 g/mol. The Labute approximate surface area is 141 Å². The van der Waals surface area contributed by atoms with E-state index in [2.05, 4.69) is 63.4 Å². The van der Waals surface area contributed by atoms with Crippen molar-refractivity contribution in [1.82, 2.24) is 0 Å². The highest BCUT2D eigenvalue weighted by atomic mass is 32.1. The second kappa shape index (κ2) is 9.70. The molecule has 1 rings (SSSR count). The molecule has 1 atom stereocenters. The fourth-order valence-corrected chi connectivity index (χ4v) is 2.61. The first-order valence-corrected chi connectivity index (χ1v) is 8.34. The summed E-state index contributed by atoms with van der Waals surface area (Å²) in [5.74, 6) is 0.403. The van der Waals surface area contributed by atoms with E-state index in [-0.39, 0.29) is 0 Å². The van der Waals surface area contributed by atoms with Crippen LogP contribution in [0.1, 0.15) is 45.6 Å². The van der Waals surface area contributed by atoms with Crippen LogP contribution in [0.2, 0.25) is 0 Å². The number of benzene rings is 1. The molecule has 1 unspecified atom stereocenters. The van der Waals surface area contributed by atoms with E-state index in [0.29, 0.717) is 12.5 Å². The molecule has 1 nitrogen and oxygen atoms in total. The summed E-state index contributed by atoms with van der Waals surface area (Å²) in [5.41, 5.74) is 4.79. The minimum absolute atomic E-state index is 0.403. The topological polar surface area (TPSA) is 9.23 Å². The number of ether oxygens (including phenoxy) is 1. The van der Waals surface area contributed by atoms with Gasteiger partial charge in [-0.3, -0.25) is 0 Å². The molecule has 0 amide bonds. The van der Waals surface area contributed by atoms with Gasteiger partial charge in [-0.1, -0.05) is 43.4 Å². The standard InChI is InChI=1S/C20H28OS/c1-6-17(18-9-8-10-19(22)13-18)12-11-16(5)20(15(3)4)14-21-7-2/h8-13,17,22H,3,6-7,14H2,1-2,4-5H3/b12-11-,20-16-. The van der Waals surface area contributed by atoms with E-state index in [9.17, 15) is 0 Å². The van der Waals surface area contributed by atoms with Crippen LogP contribution in [-0.2, 0) is 4.74 Å². The monoisotopic (exact) mass is 316 g/mol. The normalized spacial score (nSPS) is 14.0. The summed E-state index contributed by atoms with van der Waals surface area (Å²) in [6, 6.07) is 8.37. The Balaban J connectivity index is 2.96. The number of rotatable bonds is 8. The Morgan fingerprint density at radius 3 is 2.59 bits per heavy atom. The molecule has 120 valence electrons. The van der Waals surface area contributed by atoms with Crippen LogP contribution in [-0.4, -0.2) is 13.2 Å². The summed E-state index contributed by atoms with van der Waals surface area (Å²) >= 11 is 4.43. The molecule has 0 N–H and O–H groups in total. The Morgan fingerprint density at radius 2 is 2.05 bits per heavy atom. The van der Waals surface area contributed by atoms with Crippen LogP contribution in [0.25, 0.3) is 0 Å². The van der Waals surface area contributed by atoms with Crippen molar-refractivity contribution in [2.75, 3.05) is 13.2 Å². The third-order valence-electron chi connectivity index (χ3n) is 3.76. The fraction of sp³-hybridized carbons (Fsp3) is 0.400. The van der Waals surface area contributed by atoms with Gasteiger partial charge in [0.2, 0.25) is 0 Å². The lowest BCUT2D eigenvalue weighted by Crippen LogP contribution is -2.01. The Morgan fingerprint density at radius 1 is 1.32 bits per heavy atom. The van der Waals surface area contributed by atoms with Crippen LogP contribution >= 0.6 is 12.6 Å². The Hall–Kier alpha value is -1.25. The minimum Gasteiger partial charge on any atom is -0.377 e. The van der Waals surface area contributed by atoms with Crippen LogP contribution in [0.5, 0.6) is 0 Å². The molecule has 0 saturated carbocycles. The highest BCUT2D eigenvalue weighted by Crippen LogP contribution is 2.24. The molecule has 0 radical (unpaired) electrons. The van der Waals surface area contributed by atoms with Gasteiger partial charge in [0.05, 0.1) is 6.61 Å². The van der Waals surface area contributed by atoms with Gasteiger partial charge in [-0.05, 0) is 56.0 Å². The zero-order valence-corrected chi connectivity index (χ0v) is 15.1. The molecule has 1 aromatic rings. The van der Waals surface area contributed by atoms with Crippen molar-refractivity contribution < 1.29 is 4.74 Å². The van der Waals surface area contributed by atoms with Crippen molar-refractivity contribution in [2.24, 2.45) is 0 Å². The average Bonchev–Trinajstić information content (AvgIpc) is 2.48. The summed E-state index contributed by atoms with van der Waals surface area (Å²) in [6.07, 6.45) is 5.53. The second-order valence-electron chi connectivity index (χ2n) is 5.55. The first kappa shape index (κ1) is 18.8. The number of allylic oxidation sites excluding steroid dienone is 3. The molecule has 0 aliphatic carbocycles. The molecule has 1 aromatic carbocycles. The largest absolute Gasteiger partial charge is 0.377 e. The van der Waals surface area contributed by atoms with E-state index in [4.69, 9.17) is 4.74 Å². The maximum atomic E-state index is 5.55. The summed E-state index contributed by atoms with van der Waals surface area (Å²) in [5, 5.41) is 0. The van der Waals surface area contributed by atoms with Crippen LogP contribution < -0.4 is 0 Å². The first-order chi connectivity index (χ1) is 10.5. The quantitative estimate of drug-likeness (QED) is 0.460. The van der Waals surface area contributed by atoms with E-state index >= 15 is 0 Å². The predicted molar refractivity (Wildman–Crippen MR) is 99.9 cm³/mol. The molecular weight excluding hydrogens is 288 g/mol. The summed E-state index contributed by atoms with van der Waals surface area (Å²) in [7, 11) is 0. The van der Waals surface area contributed by atoms with E-state index < -0.39 is 0 Å². The van der Waals surface area contributed by atoms with E-state index in [0.717, 1.165) is 23.5 Å². The molecule has 0 heterocycles. The smallest absolute Gasteiger partial charge is 0.0721 e. The lowest BCUT2D eigenvalue weighted by molar-refractivity contribution is 0.171. The summed E-state index contributed by atoms with van der Waals surface area (Å²) < 4.78 is 5.55. The second-order valence-corrected chi connectivity index (χ2v) is 6.06. The molecule has 0 aliphatic rings. The maximum absolute atomic E-state index is 5.55. The molecule has 0 aliphatic heterocycles. The first-order valence-electron chi connectivity index (χ1n) is 7.90. The minimum atomic E-state index is 0.403. The van der Waals surface area contributed by atoms with Gasteiger partial charge in [0.15, 0.2) is 0 Å². The molecule has 0 saturated heterocycles. The highest BCUT2D eigenvalue weighted by Gasteiger charge is 2.07. The SMILES string of the molecule is C=C(C)/C(COCC)=C(C)\C=C/C(CC)c1cccc(S)c1. The van der Waals surface area contributed by atoms with E-state index in [1.54, 1.807) is 0 Å². The highest BCUT2D eigenvalue weighted by molar-refractivity contribution is 7.80. The number of thiol groups is 1. The van der Waals surface area contributed by atoms with Gasteiger partial charge in [0.25, 0.3) is 0 Å². The Kier molecular flexibility index (Phi) is 8.29.